The average molecular weight is 407 g/mol. The minimum Gasteiger partial charge on any atom is -0.240 e. The maximum absolute atomic E-state index is 9.74. The number of halogens is 1. The Morgan fingerprint density at radius 2 is 1.80 bits per heavy atom. The van der Waals surface area contributed by atoms with E-state index in [0.717, 1.165) is 31.9 Å². The van der Waals surface area contributed by atoms with Gasteiger partial charge in [-0.05, 0) is 23.8 Å². The summed E-state index contributed by atoms with van der Waals surface area (Å²) < 4.78 is 1.01. The third-order valence-corrected chi connectivity index (χ3v) is 5.16. The first-order valence-corrected chi connectivity index (χ1v) is 9.51. The van der Waals surface area contributed by atoms with E-state index in [0.29, 0.717) is 11.3 Å². The summed E-state index contributed by atoms with van der Waals surface area (Å²) in [4.78, 5) is 4.74. The number of pyridine rings is 1. The molecule has 0 aliphatic heterocycles. The smallest absolute Gasteiger partial charge is 0.115 e. The molecule has 0 saturated carbocycles. The maximum atomic E-state index is 9.74. The summed E-state index contributed by atoms with van der Waals surface area (Å²) in [6.07, 6.45) is 1.82. The van der Waals surface area contributed by atoms with Crippen LogP contribution in [0.2, 0.25) is 0 Å². The first kappa shape index (κ1) is 17.5. The van der Waals surface area contributed by atoms with Gasteiger partial charge in [-0.3, -0.25) is 0 Å². The summed E-state index contributed by atoms with van der Waals surface area (Å²) >= 11 is 4.99. The number of aromatic nitrogens is 1. The molecule has 0 bridgehead atoms. The highest BCUT2D eigenvalue weighted by Crippen LogP contribution is 2.34. The molecule has 0 atom stereocenters. The van der Waals surface area contributed by atoms with Crippen LogP contribution in [0.3, 0.4) is 0 Å². The molecule has 0 N–H and O–H groups in total. The fourth-order valence-corrected chi connectivity index (χ4v) is 3.49. The molecule has 3 rings (SSSR count). The maximum Gasteiger partial charge on any atom is 0.115 e. The summed E-state index contributed by atoms with van der Waals surface area (Å²) in [5, 5.41) is 10.5. The summed E-state index contributed by atoms with van der Waals surface area (Å²) in [5.41, 5.74) is 4.40. The predicted octanol–water partition coefficient (Wildman–Crippen LogP) is 6.33. The molecule has 2 nitrogen and oxygen atoms in total. The van der Waals surface area contributed by atoms with Crippen molar-refractivity contribution in [1.29, 1.82) is 5.26 Å². The SMILES string of the molecule is C=CCSc1nc(-c2ccccc2)cc(-c2ccc(Br)cc2)c1C#N. The number of nitrogens with zero attached hydrogens (tertiary/aromatic N) is 2. The highest BCUT2D eigenvalue weighted by Gasteiger charge is 2.15. The van der Waals surface area contributed by atoms with E-state index in [1.807, 2.05) is 66.7 Å². The minimum atomic E-state index is 0.605. The van der Waals surface area contributed by atoms with Gasteiger partial charge in [0.2, 0.25) is 0 Å². The van der Waals surface area contributed by atoms with Gasteiger partial charge in [-0.25, -0.2) is 4.98 Å². The van der Waals surface area contributed by atoms with E-state index in [9.17, 15) is 5.26 Å². The van der Waals surface area contributed by atoms with Gasteiger partial charge in [0.25, 0.3) is 0 Å². The van der Waals surface area contributed by atoms with Gasteiger partial charge < -0.3 is 0 Å². The average Bonchev–Trinajstić information content (AvgIpc) is 2.67. The van der Waals surface area contributed by atoms with Crippen LogP contribution in [0.1, 0.15) is 5.56 Å². The standard InChI is InChI=1S/C21H15BrN2S/c1-2-12-25-21-19(14-23)18(15-8-10-17(22)11-9-15)13-20(24-21)16-6-4-3-5-7-16/h2-11,13H,1,12H2. The number of thioether (sulfide) groups is 1. The normalized spacial score (nSPS) is 10.2. The van der Waals surface area contributed by atoms with Gasteiger partial charge in [0, 0.05) is 21.4 Å². The van der Waals surface area contributed by atoms with Gasteiger partial charge in [0.05, 0.1) is 11.3 Å². The zero-order chi connectivity index (χ0) is 17.6. The van der Waals surface area contributed by atoms with Gasteiger partial charge in [-0.2, -0.15) is 5.26 Å². The quantitative estimate of drug-likeness (QED) is 0.366. The van der Waals surface area contributed by atoms with E-state index >= 15 is 0 Å². The molecular weight excluding hydrogens is 392 g/mol. The molecule has 0 amide bonds. The van der Waals surface area contributed by atoms with Crippen LogP contribution in [0.5, 0.6) is 0 Å². The largest absolute Gasteiger partial charge is 0.240 e. The molecule has 0 radical (unpaired) electrons. The van der Waals surface area contributed by atoms with E-state index in [1.165, 1.54) is 11.8 Å². The molecule has 2 aromatic carbocycles. The summed E-state index contributed by atoms with van der Waals surface area (Å²) in [7, 11) is 0. The number of nitriles is 1. The van der Waals surface area contributed by atoms with Crippen LogP contribution in [0, 0.1) is 11.3 Å². The van der Waals surface area contributed by atoms with Crippen molar-refractivity contribution in [3.05, 3.63) is 83.4 Å². The Balaban J connectivity index is 2.22. The van der Waals surface area contributed by atoms with E-state index in [2.05, 4.69) is 28.6 Å². The molecule has 4 heteroatoms. The van der Waals surface area contributed by atoms with Crippen LogP contribution in [0.4, 0.5) is 0 Å². The van der Waals surface area contributed by atoms with Crippen molar-refractivity contribution in [2.45, 2.75) is 5.03 Å². The van der Waals surface area contributed by atoms with Crippen LogP contribution >= 0.6 is 27.7 Å². The van der Waals surface area contributed by atoms with Gasteiger partial charge in [0.15, 0.2) is 0 Å². The Labute approximate surface area is 160 Å². The molecule has 0 fully saturated rings. The lowest BCUT2D eigenvalue weighted by molar-refractivity contribution is 1.12. The second-order valence-electron chi connectivity index (χ2n) is 5.32. The molecule has 0 aliphatic carbocycles. The number of hydrogen-bond donors (Lipinski definition) is 0. The Hall–Kier alpha value is -2.35. The van der Waals surface area contributed by atoms with Crippen LogP contribution in [-0.4, -0.2) is 10.7 Å². The third kappa shape index (κ3) is 4.01. The number of rotatable bonds is 5. The van der Waals surface area contributed by atoms with Gasteiger partial charge in [0.1, 0.15) is 11.1 Å². The fraction of sp³-hybridized carbons (Fsp3) is 0.0476. The summed E-state index contributed by atoms with van der Waals surface area (Å²) in [5.74, 6) is 0.708. The second-order valence-corrected chi connectivity index (χ2v) is 7.24. The van der Waals surface area contributed by atoms with Crippen molar-refractivity contribution >= 4 is 27.7 Å². The first-order valence-electron chi connectivity index (χ1n) is 7.73. The first-order chi connectivity index (χ1) is 12.2. The zero-order valence-corrected chi connectivity index (χ0v) is 15.8. The van der Waals surface area contributed by atoms with Crippen molar-refractivity contribution in [2.24, 2.45) is 0 Å². The molecular formula is C21H15BrN2S. The number of hydrogen-bond acceptors (Lipinski definition) is 3. The van der Waals surface area contributed by atoms with E-state index in [-0.39, 0.29) is 0 Å². The van der Waals surface area contributed by atoms with Crippen LogP contribution in [0.15, 0.2) is 82.8 Å². The molecule has 0 saturated heterocycles. The molecule has 0 aliphatic rings. The molecule has 3 aromatic rings. The molecule has 25 heavy (non-hydrogen) atoms. The van der Waals surface area contributed by atoms with Gasteiger partial charge >= 0.3 is 0 Å². The highest BCUT2D eigenvalue weighted by molar-refractivity contribution is 9.10. The Morgan fingerprint density at radius 3 is 2.44 bits per heavy atom. The third-order valence-electron chi connectivity index (χ3n) is 3.66. The minimum absolute atomic E-state index is 0.605. The molecule has 122 valence electrons. The lowest BCUT2D eigenvalue weighted by atomic mass is 9.99. The van der Waals surface area contributed by atoms with Crippen molar-refractivity contribution < 1.29 is 0 Å². The van der Waals surface area contributed by atoms with Crippen LogP contribution in [-0.2, 0) is 0 Å². The van der Waals surface area contributed by atoms with Crippen molar-refractivity contribution in [3.8, 4) is 28.5 Å². The van der Waals surface area contributed by atoms with E-state index in [1.54, 1.807) is 0 Å². The fourth-order valence-electron chi connectivity index (χ4n) is 2.49. The molecule has 1 heterocycles. The topological polar surface area (TPSA) is 36.7 Å². The Bertz CT molecular complexity index is 929. The predicted molar refractivity (Wildman–Crippen MR) is 108 cm³/mol. The van der Waals surface area contributed by atoms with Crippen LogP contribution < -0.4 is 0 Å². The highest BCUT2D eigenvalue weighted by atomic mass is 79.9. The summed E-state index contributed by atoms with van der Waals surface area (Å²) in [6.45, 7) is 3.77. The van der Waals surface area contributed by atoms with Crippen LogP contribution in [0.25, 0.3) is 22.4 Å². The van der Waals surface area contributed by atoms with Crippen molar-refractivity contribution in [2.75, 3.05) is 5.75 Å². The second kappa shape index (κ2) is 8.15. The number of benzene rings is 2. The monoisotopic (exact) mass is 406 g/mol. The molecule has 0 spiro atoms. The molecule has 0 unspecified atom stereocenters. The summed E-state index contributed by atoms with van der Waals surface area (Å²) in [6, 6.07) is 22.3. The van der Waals surface area contributed by atoms with Gasteiger partial charge in [-0.1, -0.05) is 64.5 Å². The lowest BCUT2D eigenvalue weighted by Crippen LogP contribution is -1.96. The van der Waals surface area contributed by atoms with Crippen molar-refractivity contribution in [3.63, 3.8) is 0 Å². The van der Waals surface area contributed by atoms with Gasteiger partial charge in [-0.15, -0.1) is 18.3 Å². The Morgan fingerprint density at radius 1 is 1.08 bits per heavy atom. The van der Waals surface area contributed by atoms with E-state index < -0.39 is 0 Å². The van der Waals surface area contributed by atoms with E-state index in [4.69, 9.17) is 4.98 Å². The molecule has 1 aromatic heterocycles. The zero-order valence-electron chi connectivity index (χ0n) is 13.4. The Kier molecular flexibility index (Phi) is 5.70. The lowest BCUT2D eigenvalue weighted by Gasteiger charge is -2.12. The van der Waals surface area contributed by atoms with Crippen molar-refractivity contribution in [1.82, 2.24) is 4.98 Å².